The third-order valence-electron chi connectivity index (χ3n) is 1.37. The van der Waals surface area contributed by atoms with Crippen molar-refractivity contribution in [3.05, 3.63) is 0 Å². The summed E-state index contributed by atoms with van der Waals surface area (Å²) >= 11 is 0. The van der Waals surface area contributed by atoms with Gasteiger partial charge in [-0.25, -0.2) is 0 Å². The molecule has 57 valence electrons. The van der Waals surface area contributed by atoms with Crippen molar-refractivity contribution in [3.63, 3.8) is 0 Å². The van der Waals surface area contributed by atoms with E-state index in [1.165, 1.54) is 0 Å². The Morgan fingerprint density at radius 1 is 1.10 bits per heavy atom. The van der Waals surface area contributed by atoms with Crippen LogP contribution in [0.25, 0.3) is 0 Å². The largest absolute Gasteiger partial charge is 0.382 e. The van der Waals surface area contributed by atoms with E-state index in [1.54, 1.807) is 0 Å². The maximum atomic E-state index is 5.15. The fourth-order valence-electron chi connectivity index (χ4n) is 0.683. The molecule has 0 unspecified atom stereocenters. The minimum absolute atomic E-state index is 0. The Labute approximate surface area is 114 Å². The van der Waals surface area contributed by atoms with Crippen molar-refractivity contribution in [2.45, 2.75) is 19.3 Å². The summed E-state index contributed by atoms with van der Waals surface area (Å²) in [6, 6.07) is 0. The average Bonchev–Trinajstić information content (AvgIpc) is 1.95. The van der Waals surface area contributed by atoms with E-state index < -0.39 is 5.97 Å². The molecule has 0 fully saturated rings. The Kier molecular flexibility index (Phi) is 11.4. The van der Waals surface area contributed by atoms with E-state index in [0.29, 0.717) is 31.5 Å². The fraction of sp³-hybridized carbons (Fsp3) is 1.00. The third kappa shape index (κ3) is 4.26. The van der Waals surface area contributed by atoms with E-state index in [2.05, 4.69) is 0 Å². The summed E-state index contributed by atoms with van der Waals surface area (Å²) in [5.74, 6) is -0.648. The van der Waals surface area contributed by atoms with Crippen LogP contribution >= 0.6 is 0 Å². The first kappa shape index (κ1) is 14.7. The molecule has 0 aliphatic heterocycles. The van der Waals surface area contributed by atoms with Gasteiger partial charge < -0.3 is 13.3 Å². The summed E-state index contributed by atoms with van der Waals surface area (Å²) in [5, 5.41) is 0. The molecule has 0 saturated carbocycles. The Morgan fingerprint density at radius 2 is 1.40 bits per heavy atom. The second-order valence-electron chi connectivity index (χ2n) is 1.65. The van der Waals surface area contributed by atoms with Crippen molar-refractivity contribution >= 4 is 82.8 Å². The van der Waals surface area contributed by atoms with Gasteiger partial charge in [-0.3, -0.25) is 0 Å². The normalized spacial score (nSPS) is 16.5. The Morgan fingerprint density at radius 3 is 1.40 bits per heavy atom. The zero-order valence-corrected chi connectivity index (χ0v) is 16.6. The van der Waals surface area contributed by atoms with Gasteiger partial charge in [0, 0.05) is 57.8 Å². The second kappa shape index (κ2) is 7.80. The van der Waals surface area contributed by atoms with Gasteiger partial charge in [-0.15, -0.1) is 0 Å². The molecule has 0 heterocycles. The third-order valence-corrected chi connectivity index (χ3v) is 3.23. The molecule has 10 heavy (non-hydrogen) atoms. The van der Waals surface area contributed by atoms with Gasteiger partial charge in [0.15, 0.2) is 31.5 Å². The predicted molar refractivity (Wildman–Crippen MR) is 51.8 cm³/mol. The van der Waals surface area contributed by atoms with E-state index in [9.17, 15) is 0 Å². The minimum atomic E-state index is -0.648. The summed E-state index contributed by atoms with van der Waals surface area (Å²) in [6.45, 7) is 1.99. The molecule has 0 aromatic heterocycles. The zero-order chi connectivity index (χ0) is 7.33. The molecule has 0 amide bonds. The van der Waals surface area contributed by atoms with Crippen molar-refractivity contribution < 1.29 is 13.3 Å². The van der Waals surface area contributed by atoms with Crippen LogP contribution in [0.4, 0.5) is 0 Å². The zero-order valence-electron chi connectivity index (χ0n) is 7.43. The summed E-state index contributed by atoms with van der Waals surface area (Å²) in [5.41, 5.74) is 0. The predicted octanol–water partition coefficient (Wildman–Crippen LogP) is -3.44. The standard InChI is InChI=1S/C3H14O3Si3.K/c1-2-3(4-7,5-8)6-9;/h2H2,1,7-9H3;. The van der Waals surface area contributed by atoms with Crippen LogP contribution in [0.2, 0.25) is 0 Å². The summed E-state index contributed by atoms with van der Waals surface area (Å²) < 4.78 is 15.4. The molecule has 0 spiro atoms. The van der Waals surface area contributed by atoms with Crippen LogP contribution in [0.1, 0.15) is 13.3 Å². The molecule has 0 aromatic carbocycles. The summed E-state index contributed by atoms with van der Waals surface area (Å²) in [6.07, 6.45) is 0.781. The fourth-order valence-corrected chi connectivity index (χ4v) is 3.55. The van der Waals surface area contributed by atoms with Crippen molar-refractivity contribution in [2.24, 2.45) is 0 Å². The molecule has 0 N–H and O–H groups in total. The van der Waals surface area contributed by atoms with Crippen LogP contribution in [-0.4, -0.2) is 88.8 Å². The molecule has 0 rings (SSSR count). The van der Waals surface area contributed by atoms with Gasteiger partial charge in [0.2, 0.25) is 0 Å². The first-order valence-corrected chi connectivity index (χ1v) is 5.35. The van der Waals surface area contributed by atoms with Gasteiger partial charge in [0.1, 0.15) is 0 Å². The van der Waals surface area contributed by atoms with Gasteiger partial charge in [-0.2, -0.15) is 0 Å². The first-order chi connectivity index (χ1) is 4.24. The first-order valence-electron chi connectivity index (χ1n) is 2.90. The van der Waals surface area contributed by atoms with E-state index >= 15 is 0 Å². The molecule has 1 radical (unpaired) electrons. The Bertz CT molecular complexity index is 61.9. The van der Waals surface area contributed by atoms with Crippen LogP contribution in [-0.2, 0) is 13.3 Å². The Balaban J connectivity index is 0. The van der Waals surface area contributed by atoms with Crippen LogP contribution in [0.3, 0.4) is 0 Å². The van der Waals surface area contributed by atoms with Crippen LogP contribution in [0.5, 0.6) is 0 Å². The molecule has 0 aromatic rings. The second-order valence-corrected chi connectivity index (χ2v) is 2.87. The van der Waals surface area contributed by atoms with Crippen molar-refractivity contribution in [3.8, 4) is 0 Å². The van der Waals surface area contributed by atoms with Crippen LogP contribution in [0, 0.1) is 0 Å². The van der Waals surface area contributed by atoms with Crippen molar-refractivity contribution in [1.82, 2.24) is 0 Å². The summed E-state index contributed by atoms with van der Waals surface area (Å²) in [4.78, 5) is 0. The summed E-state index contributed by atoms with van der Waals surface area (Å²) in [7, 11) is 2.01. The van der Waals surface area contributed by atoms with Gasteiger partial charge in [-0.05, 0) is 0 Å². The molecule has 3 nitrogen and oxygen atoms in total. The number of hydrogen-bond acceptors (Lipinski definition) is 3. The molecule has 0 atom stereocenters. The number of hydrogen-bond donors (Lipinski definition) is 0. The Hall–Kier alpha value is 2.17. The van der Waals surface area contributed by atoms with Crippen LogP contribution in [0.15, 0.2) is 0 Å². The quantitative estimate of drug-likeness (QED) is 0.365. The molecule has 7 heteroatoms. The molecular weight excluding hydrogens is 207 g/mol. The smallest absolute Gasteiger partial charge is 0.251 e. The molecule has 0 aliphatic rings. The van der Waals surface area contributed by atoms with Crippen molar-refractivity contribution in [1.29, 1.82) is 0 Å². The maximum absolute atomic E-state index is 5.15. The van der Waals surface area contributed by atoms with Crippen LogP contribution < -0.4 is 0 Å². The maximum Gasteiger partial charge on any atom is 0.251 e. The van der Waals surface area contributed by atoms with E-state index in [0.717, 1.165) is 6.42 Å². The van der Waals surface area contributed by atoms with E-state index in [4.69, 9.17) is 13.3 Å². The van der Waals surface area contributed by atoms with Gasteiger partial charge >= 0.3 is 0 Å². The number of rotatable bonds is 4. The molecule has 0 bridgehead atoms. The molecule has 0 saturated heterocycles. The van der Waals surface area contributed by atoms with E-state index in [-0.39, 0.29) is 51.4 Å². The van der Waals surface area contributed by atoms with Gasteiger partial charge in [0.05, 0.1) is 0 Å². The van der Waals surface area contributed by atoms with Gasteiger partial charge in [0.25, 0.3) is 5.97 Å². The monoisotopic (exact) mass is 221 g/mol. The van der Waals surface area contributed by atoms with E-state index in [1.807, 2.05) is 6.92 Å². The SMILES string of the molecule is CCC(O[SiH3])(O[SiH3])O[SiH3].[K]. The topological polar surface area (TPSA) is 27.7 Å². The minimum Gasteiger partial charge on any atom is -0.382 e. The average molecular weight is 221 g/mol. The molecular formula is C3H14KO3Si3. The van der Waals surface area contributed by atoms with Gasteiger partial charge in [-0.1, -0.05) is 6.92 Å². The van der Waals surface area contributed by atoms with Crippen molar-refractivity contribution in [2.75, 3.05) is 0 Å². The molecule has 0 aliphatic carbocycles.